The van der Waals surface area contributed by atoms with E-state index in [-0.39, 0.29) is 0 Å². The molecule has 0 heterocycles. The van der Waals surface area contributed by atoms with Gasteiger partial charge in [0.05, 0.1) is 7.11 Å². The minimum atomic E-state index is -4.21. The number of benzene rings is 1. The number of sulfone groups is 1. The summed E-state index contributed by atoms with van der Waals surface area (Å²) in [4.78, 5) is 9.86. The number of carbonyl (C=O) groups excluding carboxylic acids is 1. The summed E-state index contributed by atoms with van der Waals surface area (Å²) >= 11 is 0. The van der Waals surface area contributed by atoms with Gasteiger partial charge in [0.15, 0.2) is 0 Å². The summed E-state index contributed by atoms with van der Waals surface area (Å²) in [6.45, 7) is 0. The van der Waals surface area contributed by atoms with E-state index in [0.29, 0.717) is 23.6 Å². The van der Waals surface area contributed by atoms with Crippen LogP contribution in [0.15, 0.2) is 34.6 Å². The fraction of sp³-hybridized carbons (Fsp3) is 0.100. The highest BCUT2D eigenvalue weighted by molar-refractivity contribution is 7.94. The second kappa shape index (κ2) is 5.05. The minimum Gasteiger partial charge on any atom is -0.466 e. The van der Waals surface area contributed by atoms with Crippen molar-refractivity contribution >= 4 is 15.8 Å². The van der Waals surface area contributed by atoms with E-state index in [0.717, 1.165) is 13.2 Å². The Morgan fingerprint density at radius 2 is 2.00 bits per heavy atom. The number of hydrogen-bond acceptors (Lipinski definition) is 4. The maximum atomic E-state index is 13.2. The second-order valence-corrected chi connectivity index (χ2v) is 4.75. The SMILES string of the molecule is COC(=O)/C=C/S(=O)(=O)c1cc(F)ccc1F. The highest BCUT2D eigenvalue weighted by atomic mass is 32.2. The molecule has 0 amide bonds. The topological polar surface area (TPSA) is 60.4 Å². The van der Waals surface area contributed by atoms with Gasteiger partial charge in [-0.15, -0.1) is 0 Å². The number of methoxy groups -OCH3 is 1. The maximum Gasteiger partial charge on any atom is 0.331 e. The van der Waals surface area contributed by atoms with Crippen LogP contribution in [-0.4, -0.2) is 21.5 Å². The largest absolute Gasteiger partial charge is 0.466 e. The Hall–Kier alpha value is -1.76. The number of hydrogen-bond donors (Lipinski definition) is 0. The van der Waals surface area contributed by atoms with Gasteiger partial charge in [0, 0.05) is 11.5 Å². The Morgan fingerprint density at radius 3 is 2.59 bits per heavy atom. The first kappa shape index (κ1) is 13.3. The van der Waals surface area contributed by atoms with E-state index in [1.54, 1.807) is 0 Å². The Morgan fingerprint density at radius 1 is 1.35 bits per heavy atom. The molecule has 0 saturated carbocycles. The molecule has 1 aromatic rings. The lowest BCUT2D eigenvalue weighted by Crippen LogP contribution is -2.03. The van der Waals surface area contributed by atoms with Crippen LogP contribution in [0.1, 0.15) is 0 Å². The predicted molar refractivity (Wildman–Crippen MR) is 54.7 cm³/mol. The highest BCUT2D eigenvalue weighted by Gasteiger charge is 2.17. The quantitative estimate of drug-likeness (QED) is 0.610. The molecule has 0 saturated heterocycles. The molecule has 0 aliphatic heterocycles. The van der Waals surface area contributed by atoms with Crippen molar-refractivity contribution in [2.24, 2.45) is 0 Å². The number of carbonyl (C=O) groups is 1. The van der Waals surface area contributed by atoms with Crippen molar-refractivity contribution in [2.45, 2.75) is 4.90 Å². The number of esters is 1. The molecule has 17 heavy (non-hydrogen) atoms. The molecule has 0 N–H and O–H groups in total. The predicted octanol–water partition coefficient (Wildman–Crippen LogP) is 1.43. The maximum absolute atomic E-state index is 13.2. The van der Waals surface area contributed by atoms with Gasteiger partial charge in [-0.3, -0.25) is 0 Å². The van der Waals surface area contributed by atoms with Gasteiger partial charge in [-0.05, 0) is 18.2 Å². The fourth-order valence-electron chi connectivity index (χ4n) is 0.982. The summed E-state index contributed by atoms with van der Waals surface area (Å²) in [5.41, 5.74) is 0. The van der Waals surface area contributed by atoms with Gasteiger partial charge < -0.3 is 4.74 Å². The first-order valence-electron chi connectivity index (χ1n) is 4.33. The second-order valence-electron chi connectivity index (χ2n) is 2.95. The number of ether oxygens (including phenoxy) is 1. The van der Waals surface area contributed by atoms with Gasteiger partial charge in [-0.25, -0.2) is 22.0 Å². The van der Waals surface area contributed by atoms with Crippen molar-refractivity contribution in [3.05, 3.63) is 41.3 Å². The van der Waals surface area contributed by atoms with Crippen LogP contribution in [0.5, 0.6) is 0 Å². The van der Waals surface area contributed by atoms with Gasteiger partial charge >= 0.3 is 5.97 Å². The van der Waals surface area contributed by atoms with Crippen LogP contribution < -0.4 is 0 Å². The molecule has 92 valence electrons. The molecular formula is C10H8F2O4S. The molecule has 0 unspecified atom stereocenters. The molecule has 0 atom stereocenters. The van der Waals surface area contributed by atoms with Gasteiger partial charge in [0.25, 0.3) is 0 Å². The average Bonchev–Trinajstić information content (AvgIpc) is 2.29. The smallest absolute Gasteiger partial charge is 0.331 e. The van der Waals surface area contributed by atoms with Crippen LogP contribution >= 0.6 is 0 Å². The molecule has 7 heteroatoms. The van der Waals surface area contributed by atoms with Crippen LogP contribution in [0.4, 0.5) is 8.78 Å². The van der Waals surface area contributed by atoms with Crippen molar-refractivity contribution in [3.8, 4) is 0 Å². The van der Waals surface area contributed by atoms with E-state index in [1.807, 2.05) is 0 Å². The molecule has 4 nitrogen and oxygen atoms in total. The summed E-state index contributed by atoms with van der Waals surface area (Å²) in [7, 11) is -3.16. The van der Waals surface area contributed by atoms with Crippen LogP contribution in [-0.2, 0) is 19.4 Å². The lowest BCUT2D eigenvalue weighted by atomic mass is 10.3. The van der Waals surface area contributed by atoms with E-state index in [1.165, 1.54) is 0 Å². The average molecular weight is 262 g/mol. The van der Waals surface area contributed by atoms with Crippen molar-refractivity contribution in [1.82, 2.24) is 0 Å². The van der Waals surface area contributed by atoms with E-state index in [2.05, 4.69) is 4.74 Å². The summed E-state index contributed by atoms with van der Waals surface area (Å²) in [5, 5.41) is 0.455. The first-order valence-corrected chi connectivity index (χ1v) is 5.87. The highest BCUT2D eigenvalue weighted by Crippen LogP contribution is 2.18. The molecule has 0 bridgehead atoms. The van der Waals surface area contributed by atoms with E-state index in [9.17, 15) is 22.0 Å². The third kappa shape index (κ3) is 3.35. The van der Waals surface area contributed by atoms with E-state index < -0.39 is 32.3 Å². The van der Waals surface area contributed by atoms with Crippen molar-refractivity contribution < 1.29 is 26.7 Å². The lowest BCUT2D eigenvalue weighted by Gasteiger charge is -2.00. The van der Waals surface area contributed by atoms with Crippen molar-refractivity contribution in [2.75, 3.05) is 7.11 Å². The Bertz CT molecular complexity index is 564. The van der Waals surface area contributed by atoms with Crippen LogP contribution in [0.25, 0.3) is 0 Å². The molecule has 0 spiro atoms. The first-order chi connectivity index (χ1) is 7.86. The molecule has 1 rings (SSSR count). The molecule has 0 radical (unpaired) electrons. The zero-order chi connectivity index (χ0) is 13.1. The van der Waals surface area contributed by atoms with Crippen LogP contribution in [0, 0.1) is 11.6 Å². The number of rotatable bonds is 3. The van der Waals surface area contributed by atoms with Crippen molar-refractivity contribution in [1.29, 1.82) is 0 Å². The Balaban J connectivity index is 3.18. The zero-order valence-electron chi connectivity index (χ0n) is 8.68. The summed E-state index contributed by atoms with van der Waals surface area (Å²) in [5.74, 6) is -2.90. The van der Waals surface area contributed by atoms with Gasteiger partial charge in [0.1, 0.15) is 16.5 Å². The normalized spacial score (nSPS) is 11.7. The van der Waals surface area contributed by atoms with Gasteiger partial charge in [-0.2, -0.15) is 0 Å². The van der Waals surface area contributed by atoms with Crippen molar-refractivity contribution in [3.63, 3.8) is 0 Å². The Labute approximate surface area is 96.4 Å². The van der Waals surface area contributed by atoms with E-state index >= 15 is 0 Å². The summed E-state index contributed by atoms with van der Waals surface area (Å²) in [6, 6.07) is 2.01. The molecule has 0 aromatic heterocycles. The summed E-state index contributed by atoms with van der Waals surface area (Å²) in [6.07, 6.45) is 0.611. The van der Waals surface area contributed by atoms with Gasteiger partial charge in [0.2, 0.25) is 9.84 Å². The van der Waals surface area contributed by atoms with Gasteiger partial charge in [-0.1, -0.05) is 0 Å². The molecular weight excluding hydrogens is 254 g/mol. The minimum absolute atomic E-state index is 0.455. The fourth-order valence-corrected chi connectivity index (χ4v) is 2.04. The van der Waals surface area contributed by atoms with E-state index in [4.69, 9.17) is 0 Å². The third-order valence-electron chi connectivity index (χ3n) is 1.78. The zero-order valence-corrected chi connectivity index (χ0v) is 9.50. The van der Waals surface area contributed by atoms with Crippen LogP contribution in [0.2, 0.25) is 0 Å². The lowest BCUT2D eigenvalue weighted by molar-refractivity contribution is -0.134. The standard InChI is InChI=1S/C10H8F2O4S/c1-16-10(13)4-5-17(14,15)9-6-7(11)2-3-8(9)12/h2-6H,1H3/b5-4+. The molecule has 0 aliphatic rings. The van der Waals surface area contributed by atoms with Crippen LogP contribution in [0.3, 0.4) is 0 Å². The Kier molecular flexibility index (Phi) is 3.95. The number of halogens is 2. The molecule has 0 aliphatic carbocycles. The summed E-state index contributed by atoms with van der Waals surface area (Å²) < 4.78 is 53.2. The monoisotopic (exact) mass is 262 g/mol. The third-order valence-corrected chi connectivity index (χ3v) is 3.20. The molecule has 1 aromatic carbocycles. The molecule has 0 fully saturated rings.